The van der Waals surface area contributed by atoms with Gasteiger partial charge in [0, 0.05) is 48.8 Å². The molecule has 0 spiro atoms. The van der Waals surface area contributed by atoms with Crippen molar-refractivity contribution in [3.8, 4) is 0 Å². The molecule has 0 saturated carbocycles. The van der Waals surface area contributed by atoms with Crippen LogP contribution in [0, 0.1) is 0 Å². The summed E-state index contributed by atoms with van der Waals surface area (Å²) in [6.45, 7) is -0.275. The zero-order valence-corrected chi connectivity index (χ0v) is 12.3. The van der Waals surface area contributed by atoms with Crippen LogP contribution in [0.4, 0.5) is 11.4 Å². The van der Waals surface area contributed by atoms with Crippen LogP contribution >= 0.6 is 0 Å². The third kappa shape index (κ3) is 3.85. The van der Waals surface area contributed by atoms with Gasteiger partial charge in [-0.1, -0.05) is 6.07 Å². The van der Waals surface area contributed by atoms with E-state index in [9.17, 15) is 15.3 Å². The average Bonchev–Trinajstić information content (AvgIpc) is 2.44. The van der Waals surface area contributed by atoms with E-state index in [4.69, 9.17) is 16.6 Å². The summed E-state index contributed by atoms with van der Waals surface area (Å²) in [6.07, 6.45) is 1.52. The molecule has 0 aliphatic rings. The second kappa shape index (κ2) is 8.19. The smallest absolute Gasteiger partial charge is 0.0473 e. The van der Waals surface area contributed by atoms with Gasteiger partial charge >= 0.3 is 0 Å². The monoisotopic (exact) mass is 298 g/mol. The zero-order chi connectivity index (χ0) is 15.9. The Kier molecular flexibility index (Phi) is 6.91. The second-order valence-corrected chi connectivity index (χ2v) is 5.27. The normalized spacial score (nSPS) is 11.8. The molecule has 8 N–H and O–H groups in total. The number of anilines is 2. The molecule has 0 bridgehead atoms. The molecule has 0 aromatic heterocycles. The van der Waals surface area contributed by atoms with Crippen LogP contribution in [0.25, 0.3) is 0 Å². The summed E-state index contributed by atoms with van der Waals surface area (Å²) < 4.78 is 0. The molecule has 1 rings (SSSR count). The van der Waals surface area contributed by atoms with E-state index in [-0.39, 0.29) is 26.4 Å². The van der Waals surface area contributed by atoms with Gasteiger partial charge in [0.25, 0.3) is 0 Å². The van der Waals surface area contributed by atoms with E-state index in [0.717, 1.165) is 5.56 Å². The SMILES string of the molecule is Nc1ccc(C(CCO)(CCO)CCO)c(N)c1CCO. The van der Waals surface area contributed by atoms with Crippen LogP contribution in [0.5, 0.6) is 0 Å². The van der Waals surface area contributed by atoms with E-state index >= 15 is 0 Å². The van der Waals surface area contributed by atoms with Gasteiger partial charge in [-0.05, 0) is 37.3 Å². The molecule has 0 saturated heterocycles. The van der Waals surface area contributed by atoms with Gasteiger partial charge in [-0.25, -0.2) is 0 Å². The van der Waals surface area contributed by atoms with Crippen LogP contribution in [-0.2, 0) is 11.8 Å². The molecule has 21 heavy (non-hydrogen) atoms. The van der Waals surface area contributed by atoms with Gasteiger partial charge in [0.05, 0.1) is 0 Å². The number of rotatable bonds is 9. The lowest BCUT2D eigenvalue weighted by Gasteiger charge is -2.35. The standard InChI is InChI=1S/C15H26N2O4/c16-13-2-1-12(14(17)11(13)3-7-18)15(4-8-19,5-9-20)6-10-21/h1-2,18-21H,3-10,16-17H2. The molecular formula is C15H26N2O4. The number of benzene rings is 1. The predicted octanol–water partition coefficient (Wildman–Crippen LogP) is -0.229. The number of hydrogen-bond acceptors (Lipinski definition) is 6. The molecule has 1 aromatic rings. The Labute approximate surface area is 125 Å². The van der Waals surface area contributed by atoms with Crippen LogP contribution in [0.3, 0.4) is 0 Å². The van der Waals surface area contributed by atoms with Gasteiger partial charge in [0.2, 0.25) is 0 Å². The molecule has 6 heteroatoms. The minimum absolute atomic E-state index is 0.0646. The van der Waals surface area contributed by atoms with Gasteiger partial charge in [0.1, 0.15) is 0 Å². The maximum absolute atomic E-state index is 9.37. The summed E-state index contributed by atoms with van der Waals surface area (Å²) in [7, 11) is 0. The van der Waals surface area contributed by atoms with Crippen molar-refractivity contribution in [2.24, 2.45) is 0 Å². The Morgan fingerprint density at radius 2 is 1.33 bits per heavy atom. The highest BCUT2D eigenvalue weighted by molar-refractivity contribution is 5.67. The summed E-state index contributed by atoms with van der Waals surface area (Å²) >= 11 is 0. The largest absolute Gasteiger partial charge is 0.398 e. The molecule has 0 aliphatic carbocycles. The highest BCUT2D eigenvalue weighted by Gasteiger charge is 2.33. The molecule has 0 amide bonds. The van der Waals surface area contributed by atoms with Crippen LogP contribution in [0.2, 0.25) is 0 Å². The topological polar surface area (TPSA) is 133 Å². The lowest BCUT2D eigenvalue weighted by atomic mass is 9.71. The molecule has 120 valence electrons. The number of aliphatic hydroxyl groups is 4. The van der Waals surface area contributed by atoms with Crippen LogP contribution in [0.1, 0.15) is 30.4 Å². The van der Waals surface area contributed by atoms with Crippen molar-refractivity contribution in [1.82, 2.24) is 0 Å². The van der Waals surface area contributed by atoms with Crippen LogP contribution in [0.15, 0.2) is 12.1 Å². The first-order valence-electron chi connectivity index (χ1n) is 7.17. The summed E-state index contributed by atoms with van der Waals surface area (Å²) in [5.74, 6) is 0. The lowest BCUT2D eigenvalue weighted by Crippen LogP contribution is -2.32. The summed E-state index contributed by atoms with van der Waals surface area (Å²) in [5.41, 5.74) is 13.9. The molecule has 0 radical (unpaired) electrons. The number of nitrogens with two attached hydrogens (primary N) is 2. The zero-order valence-electron chi connectivity index (χ0n) is 12.3. The van der Waals surface area contributed by atoms with Crippen molar-refractivity contribution < 1.29 is 20.4 Å². The van der Waals surface area contributed by atoms with E-state index in [0.29, 0.717) is 42.6 Å². The van der Waals surface area contributed by atoms with Crippen LogP contribution in [-0.4, -0.2) is 46.9 Å². The van der Waals surface area contributed by atoms with E-state index in [2.05, 4.69) is 0 Å². The molecule has 1 aromatic carbocycles. The number of hydrogen-bond donors (Lipinski definition) is 6. The van der Waals surface area contributed by atoms with Crippen molar-refractivity contribution in [2.45, 2.75) is 31.1 Å². The van der Waals surface area contributed by atoms with Gasteiger partial charge in [-0.3, -0.25) is 0 Å². The van der Waals surface area contributed by atoms with E-state index < -0.39 is 5.41 Å². The Bertz CT molecular complexity index is 435. The van der Waals surface area contributed by atoms with Crippen molar-refractivity contribution in [3.63, 3.8) is 0 Å². The molecule has 0 fully saturated rings. The van der Waals surface area contributed by atoms with Gasteiger partial charge in [-0.2, -0.15) is 0 Å². The maximum Gasteiger partial charge on any atom is 0.0473 e. The van der Waals surface area contributed by atoms with Crippen molar-refractivity contribution in [1.29, 1.82) is 0 Å². The first kappa shape index (κ1) is 17.7. The summed E-state index contributed by atoms with van der Waals surface area (Å²) in [6, 6.07) is 3.50. The number of aliphatic hydroxyl groups excluding tert-OH is 4. The average molecular weight is 298 g/mol. The van der Waals surface area contributed by atoms with Crippen molar-refractivity contribution in [3.05, 3.63) is 23.3 Å². The molecule has 0 heterocycles. The molecule has 0 aliphatic heterocycles. The fourth-order valence-corrected chi connectivity index (χ4v) is 2.96. The molecule has 0 atom stereocenters. The Morgan fingerprint density at radius 1 is 0.810 bits per heavy atom. The highest BCUT2D eigenvalue weighted by atomic mass is 16.3. The lowest BCUT2D eigenvalue weighted by molar-refractivity contribution is 0.156. The summed E-state index contributed by atoms with van der Waals surface area (Å²) in [5, 5.41) is 37.2. The molecule has 0 unspecified atom stereocenters. The fourth-order valence-electron chi connectivity index (χ4n) is 2.96. The van der Waals surface area contributed by atoms with E-state index in [1.807, 2.05) is 0 Å². The maximum atomic E-state index is 9.37. The molecule has 6 nitrogen and oxygen atoms in total. The van der Waals surface area contributed by atoms with Gasteiger partial charge in [0.15, 0.2) is 0 Å². The van der Waals surface area contributed by atoms with Gasteiger partial charge < -0.3 is 31.9 Å². The first-order valence-corrected chi connectivity index (χ1v) is 7.17. The predicted molar refractivity (Wildman–Crippen MR) is 82.8 cm³/mol. The van der Waals surface area contributed by atoms with E-state index in [1.165, 1.54) is 0 Å². The van der Waals surface area contributed by atoms with Crippen molar-refractivity contribution in [2.75, 3.05) is 37.9 Å². The minimum Gasteiger partial charge on any atom is -0.398 e. The third-order valence-electron chi connectivity index (χ3n) is 4.10. The highest BCUT2D eigenvalue weighted by Crippen LogP contribution is 2.40. The minimum atomic E-state index is -0.597. The first-order chi connectivity index (χ1) is 10.1. The second-order valence-electron chi connectivity index (χ2n) is 5.27. The Morgan fingerprint density at radius 3 is 1.76 bits per heavy atom. The third-order valence-corrected chi connectivity index (χ3v) is 4.10. The Balaban J connectivity index is 3.38. The fraction of sp³-hybridized carbons (Fsp3) is 0.600. The number of nitrogen functional groups attached to an aromatic ring is 2. The quantitative estimate of drug-likeness (QED) is 0.349. The molecular weight excluding hydrogens is 272 g/mol. The Hall–Kier alpha value is -1.34. The van der Waals surface area contributed by atoms with Gasteiger partial charge in [-0.15, -0.1) is 0 Å². The van der Waals surface area contributed by atoms with Crippen molar-refractivity contribution >= 4 is 11.4 Å². The van der Waals surface area contributed by atoms with Crippen LogP contribution < -0.4 is 11.5 Å². The van der Waals surface area contributed by atoms with E-state index in [1.54, 1.807) is 12.1 Å². The summed E-state index contributed by atoms with van der Waals surface area (Å²) in [4.78, 5) is 0.